The molecular weight excluding hydrogens is 148 g/mol. The van der Waals surface area contributed by atoms with Gasteiger partial charge in [0.2, 0.25) is 0 Å². The van der Waals surface area contributed by atoms with Crippen LogP contribution < -0.4 is 0 Å². The van der Waals surface area contributed by atoms with Gasteiger partial charge in [0.15, 0.2) is 0 Å². The molecule has 0 saturated heterocycles. The van der Waals surface area contributed by atoms with E-state index in [1.165, 1.54) is 25.7 Å². The number of aliphatic hydroxyl groups is 1. The van der Waals surface area contributed by atoms with Crippen molar-refractivity contribution in [1.29, 1.82) is 0 Å². The van der Waals surface area contributed by atoms with Crippen molar-refractivity contribution in [2.75, 3.05) is 6.61 Å². The molecule has 0 aromatic carbocycles. The molecule has 1 fully saturated rings. The fourth-order valence-electron chi connectivity index (χ4n) is 3.10. The van der Waals surface area contributed by atoms with Gasteiger partial charge >= 0.3 is 0 Å². The third-order valence-corrected chi connectivity index (χ3v) is 3.69. The number of allylic oxidation sites excluding steroid dienone is 2. The normalized spacial score (nSPS) is 44.2. The van der Waals surface area contributed by atoms with Crippen LogP contribution in [-0.2, 0) is 0 Å². The minimum Gasteiger partial charge on any atom is -0.396 e. The van der Waals surface area contributed by atoms with Gasteiger partial charge in [-0.1, -0.05) is 25.5 Å². The standard InChI is InChI=1S/C11H18O/c1-2-5-11(8-12)7-9-3-4-10(11)6-9/h3-4,9-10,12H,2,5-8H2,1H3. The van der Waals surface area contributed by atoms with Gasteiger partial charge in [0.25, 0.3) is 0 Å². The molecular formula is C11H18O. The van der Waals surface area contributed by atoms with Crippen molar-refractivity contribution in [3.05, 3.63) is 12.2 Å². The Morgan fingerprint density at radius 3 is 2.75 bits per heavy atom. The largest absolute Gasteiger partial charge is 0.396 e. The van der Waals surface area contributed by atoms with Crippen LogP contribution in [0.4, 0.5) is 0 Å². The monoisotopic (exact) mass is 166 g/mol. The summed E-state index contributed by atoms with van der Waals surface area (Å²) in [4.78, 5) is 0. The number of rotatable bonds is 3. The summed E-state index contributed by atoms with van der Waals surface area (Å²) >= 11 is 0. The van der Waals surface area contributed by atoms with Gasteiger partial charge in [-0.25, -0.2) is 0 Å². The first-order valence-electron chi connectivity index (χ1n) is 5.10. The third kappa shape index (κ3) is 1.03. The molecule has 68 valence electrons. The van der Waals surface area contributed by atoms with Gasteiger partial charge in [0, 0.05) is 12.0 Å². The van der Waals surface area contributed by atoms with Crippen LogP contribution in [0.2, 0.25) is 0 Å². The van der Waals surface area contributed by atoms with Gasteiger partial charge in [-0.05, 0) is 31.1 Å². The van der Waals surface area contributed by atoms with Crippen LogP contribution in [0, 0.1) is 17.3 Å². The lowest BCUT2D eigenvalue weighted by Crippen LogP contribution is -2.29. The molecule has 3 unspecified atom stereocenters. The Labute approximate surface area is 74.5 Å². The number of hydrogen-bond acceptors (Lipinski definition) is 1. The summed E-state index contributed by atoms with van der Waals surface area (Å²) < 4.78 is 0. The summed E-state index contributed by atoms with van der Waals surface area (Å²) in [6.07, 6.45) is 9.62. The average Bonchev–Trinajstić information content (AvgIpc) is 2.64. The van der Waals surface area contributed by atoms with Crippen LogP contribution in [0.1, 0.15) is 32.6 Å². The Kier molecular flexibility index (Phi) is 1.99. The summed E-state index contributed by atoms with van der Waals surface area (Å²) in [7, 11) is 0. The SMILES string of the molecule is CCCC1(CO)CC2C=CC1C2. The highest BCUT2D eigenvalue weighted by Gasteiger charge is 2.46. The fraction of sp³-hybridized carbons (Fsp3) is 0.818. The van der Waals surface area contributed by atoms with Gasteiger partial charge in [-0.15, -0.1) is 0 Å². The molecule has 0 spiro atoms. The van der Waals surface area contributed by atoms with Crippen LogP contribution in [0.25, 0.3) is 0 Å². The molecule has 0 aromatic rings. The number of aliphatic hydroxyl groups excluding tert-OH is 1. The van der Waals surface area contributed by atoms with E-state index in [1.807, 2.05) is 0 Å². The first-order chi connectivity index (χ1) is 5.80. The molecule has 2 aliphatic rings. The van der Waals surface area contributed by atoms with Crippen LogP contribution >= 0.6 is 0 Å². The van der Waals surface area contributed by atoms with Crippen LogP contribution in [0.5, 0.6) is 0 Å². The second-order valence-corrected chi connectivity index (χ2v) is 4.46. The van der Waals surface area contributed by atoms with E-state index >= 15 is 0 Å². The molecule has 1 saturated carbocycles. The summed E-state index contributed by atoms with van der Waals surface area (Å²) in [5.41, 5.74) is 0.272. The van der Waals surface area contributed by atoms with Crippen molar-refractivity contribution < 1.29 is 5.11 Å². The molecule has 2 rings (SSSR count). The van der Waals surface area contributed by atoms with Crippen molar-refractivity contribution in [3.8, 4) is 0 Å². The van der Waals surface area contributed by atoms with Gasteiger partial charge in [0.05, 0.1) is 0 Å². The molecule has 2 bridgehead atoms. The predicted molar refractivity (Wildman–Crippen MR) is 49.8 cm³/mol. The maximum atomic E-state index is 9.44. The molecule has 1 heteroatoms. The average molecular weight is 166 g/mol. The fourth-order valence-corrected chi connectivity index (χ4v) is 3.10. The lowest BCUT2D eigenvalue weighted by molar-refractivity contribution is 0.0872. The zero-order chi connectivity index (χ0) is 8.60. The predicted octanol–water partition coefficient (Wildman–Crippen LogP) is 2.36. The Morgan fingerprint density at radius 2 is 2.33 bits per heavy atom. The molecule has 12 heavy (non-hydrogen) atoms. The topological polar surface area (TPSA) is 20.2 Å². The Balaban J connectivity index is 2.14. The first-order valence-corrected chi connectivity index (χ1v) is 5.10. The maximum absolute atomic E-state index is 9.44. The molecule has 0 radical (unpaired) electrons. The van der Waals surface area contributed by atoms with E-state index in [2.05, 4.69) is 19.1 Å². The minimum absolute atomic E-state index is 0.272. The molecule has 0 aromatic heterocycles. The Hall–Kier alpha value is -0.300. The van der Waals surface area contributed by atoms with E-state index in [0.29, 0.717) is 12.5 Å². The molecule has 0 aliphatic heterocycles. The van der Waals surface area contributed by atoms with Crippen molar-refractivity contribution >= 4 is 0 Å². The van der Waals surface area contributed by atoms with Crippen LogP contribution in [0.3, 0.4) is 0 Å². The quantitative estimate of drug-likeness (QED) is 0.638. The smallest absolute Gasteiger partial charge is 0.0493 e. The zero-order valence-electron chi connectivity index (χ0n) is 7.79. The van der Waals surface area contributed by atoms with Crippen molar-refractivity contribution in [2.24, 2.45) is 17.3 Å². The summed E-state index contributed by atoms with van der Waals surface area (Å²) in [5, 5.41) is 9.44. The molecule has 1 nitrogen and oxygen atoms in total. The lowest BCUT2D eigenvalue weighted by atomic mass is 9.73. The molecule has 2 aliphatic carbocycles. The van der Waals surface area contributed by atoms with Gasteiger partial charge in [-0.2, -0.15) is 0 Å². The van der Waals surface area contributed by atoms with Crippen LogP contribution in [0.15, 0.2) is 12.2 Å². The van der Waals surface area contributed by atoms with E-state index in [1.54, 1.807) is 0 Å². The summed E-state index contributed by atoms with van der Waals surface area (Å²) in [5.74, 6) is 1.47. The highest BCUT2D eigenvalue weighted by Crippen LogP contribution is 2.54. The van der Waals surface area contributed by atoms with Crippen molar-refractivity contribution in [2.45, 2.75) is 32.6 Å². The lowest BCUT2D eigenvalue weighted by Gasteiger charge is -2.33. The van der Waals surface area contributed by atoms with Crippen molar-refractivity contribution in [1.82, 2.24) is 0 Å². The summed E-state index contributed by atoms with van der Waals surface area (Å²) in [6, 6.07) is 0. The summed E-state index contributed by atoms with van der Waals surface area (Å²) in [6.45, 7) is 2.61. The molecule has 0 heterocycles. The molecule has 3 atom stereocenters. The van der Waals surface area contributed by atoms with E-state index in [-0.39, 0.29) is 5.41 Å². The zero-order valence-corrected chi connectivity index (χ0v) is 7.79. The first kappa shape index (κ1) is 8.31. The third-order valence-electron chi connectivity index (χ3n) is 3.69. The number of hydrogen-bond donors (Lipinski definition) is 1. The van der Waals surface area contributed by atoms with E-state index in [4.69, 9.17) is 0 Å². The maximum Gasteiger partial charge on any atom is 0.0493 e. The minimum atomic E-state index is 0.272. The highest BCUT2D eigenvalue weighted by molar-refractivity contribution is 5.15. The van der Waals surface area contributed by atoms with E-state index < -0.39 is 0 Å². The van der Waals surface area contributed by atoms with Gasteiger partial charge in [0.1, 0.15) is 0 Å². The second-order valence-electron chi connectivity index (χ2n) is 4.46. The van der Waals surface area contributed by atoms with Gasteiger partial charge < -0.3 is 5.11 Å². The Bertz CT molecular complexity index is 197. The highest BCUT2D eigenvalue weighted by atomic mass is 16.3. The molecule has 0 amide bonds. The van der Waals surface area contributed by atoms with Crippen molar-refractivity contribution in [3.63, 3.8) is 0 Å². The number of fused-ring (bicyclic) bond motifs is 2. The van der Waals surface area contributed by atoms with Gasteiger partial charge in [-0.3, -0.25) is 0 Å². The van der Waals surface area contributed by atoms with E-state index in [0.717, 1.165) is 5.92 Å². The Morgan fingerprint density at radius 1 is 1.50 bits per heavy atom. The van der Waals surface area contributed by atoms with Crippen LogP contribution in [-0.4, -0.2) is 11.7 Å². The second kappa shape index (κ2) is 2.88. The molecule has 1 N–H and O–H groups in total. The van der Waals surface area contributed by atoms with E-state index in [9.17, 15) is 5.11 Å².